The molecule has 18 heavy (non-hydrogen) atoms. The standard InChI is InChI=1S/C14H15NO3/c1-8(16)6-12-9(2)15-13-7-10(14(17)18-3)4-5-11(12)13/h4-5,7,15H,6H2,1-3H3. The van der Waals surface area contributed by atoms with E-state index in [0.717, 1.165) is 22.2 Å². The molecule has 0 aliphatic heterocycles. The van der Waals surface area contributed by atoms with Gasteiger partial charge >= 0.3 is 5.97 Å². The first kappa shape index (κ1) is 12.4. The Labute approximate surface area is 105 Å². The molecule has 0 saturated carbocycles. The minimum atomic E-state index is -0.364. The molecule has 2 aromatic rings. The maximum absolute atomic E-state index is 11.4. The van der Waals surface area contributed by atoms with Crippen LogP contribution in [0.5, 0.6) is 0 Å². The van der Waals surface area contributed by atoms with Gasteiger partial charge in [0.1, 0.15) is 5.78 Å². The van der Waals surface area contributed by atoms with E-state index >= 15 is 0 Å². The lowest BCUT2D eigenvalue weighted by Gasteiger charge is -2.00. The number of nitrogens with one attached hydrogen (secondary N) is 1. The summed E-state index contributed by atoms with van der Waals surface area (Å²) in [5.74, 6) is -0.242. The summed E-state index contributed by atoms with van der Waals surface area (Å²) in [6, 6.07) is 5.31. The third-order valence-corrected chi connectivity index (χ3v) is 2.97. The van der Waals surface area contributed by atoms with Crippen molar-refractivity contribution in [2.45, 2.75) is 20.3 Å². The monoisotopic (exact) mass is 245 g/mol. The quantitative estimate of drug-likeness (QED) is 0.845. The van der Waals surface area contributed by atoms with Crippen LogP contribution in [0.3, 0.4) is 0 Å². The van der Waals surface area contributed by atoms with Crippen LogP contribution in [-0.4, -0.2) is 23.8 Å². The average molecular weight is 245 g/mol. The number of H-pyrrole nitrogens is 1. The van der Waals surface area contributed by atoms with Crippen LogP contribution in [0.25, 0.3) is 10.9 Å². The summed E-state index contributed by atoms with van der Waals surface area (Å²) >= 11 is 0. The summed E-state index contributed by atoms with van der Waals surface area (Å²) in [6.07, 6.45) is 0.406. The molecular weight excluding hydrogens is 230 g/mol. The Balaban J connectivity index is 2.54. The number of ether oxygens (including phenoxy) is 1. The van der Waals surface area contributed by atoms with Crippen LogP contribution in [0.2, 0.25) is 0 Å². The number of carbonyl (C=O) groups excluding carboxylic acids is 2. The molecule has 1 aromatic heterocycles. The van der Waals surface area contributed by atoms with Crippen molar-refractivity contribution in [1.29, 1.82) is 0 Å². The number of benzene rings is 1. The Morgan fingerprint density at radius 3 is 2.67 bits per heavy atom. The molecule has 0 radical (unpaired) electrons. The average Bonchev–Trinajstić information content (AvgIpc) is 2.63. The molecule has 0 aliphatic rings. The molecule has 4 nitrogen and oxygen atoms in total. The van der Waals surface area contributed by atoms with E-state index in [1.165, 1.54) is 7.11 Å². The zero-order chi connectivity index (χ0) is 13.3. The minimum Gasteiger partial charge on any atom is -0.465 e. The van der Waals surface area contributed by atoms with Crippen molar-refractivity contribution in [3.63, 3.8) is 0 Å². The summed E-state index contributed by atoms with van der Waals surface area (Å²) in [6.45, 7) is 3.50. The second-order valence-electron chi connectivity index (χ2n) is 4.36. The van der Waals surface area contributed by atoms with Gasteiger partial charge < -0.3 is 9.72 Å². The second-order valence-corrected chi connectivity index (χ2v) is 4.36. The van der Waals surface area contributed by atoms with E-state index in [9.17, 15) is 9.59 Å². The third kappa shape index (κ3) is 2.14. The van der Waals surface area contributed by atoms with Gasteiger partial charge in [-0.05, 0) is 31.5 Å². The van der Waals surface area contributed by atoms with Crippen LogP contribution in [0.4, 0.5) is 0 Å². The van der Waals surface area contributed by atoms with Crippen LogP contribution in [0, 0.1) is 6.92 Å². The van der Waals surface area contributed by atoms with E-state index in [-0.39, 0.29) is 11.8 Å². The zero-order valence-electron chi connectivity index (χ0n) is 10.7. The molecule has 1 heterocycles. The fraction of sp³-hybridized carbons (Fsp3) is 0.286. The van der Waals surface area contributed by atoms with Crippen LogP contribution in [-0.2, 0) is 16.0 Å². The molecular formula is C14H15NO3. The molecule has 0 fully saturated rings. The van der Waals surface area contributed by atoms with Gasteiger partial charge in [-0.15, -0.1) is 0 Å². The summed E-state index contributed by atoms with van der Waals surface area (Å²) < 4.78 is 4.68. The highest BCUT2D eigenvalue weighted by Gasteiger charge is 2.12. The summed E-state index contributed by atoms with van der Waals surface area (Å²) in [5, 5.41) is 0.982. The van der Waals surface area contributed by atoms with E-state index in [1.807, 2.05) is 13.0 Å². The lowest BCUT2D eigenvalue weighted by Crippen LogP contribution is -2.00. The summed E-state index contributed by atoms with van der Waals surface area (Å²) in [7, 11) is 1.35. The van der Waals surface area contributed by atoms with Gasteiger partial charge in [0, 0.05) is 23.0 Å². The van der Waals surface area contributed by atoms with Gasteiger partial charge in [0.2, 0.25) is 0 Å². The number of carbonyl (C=O) groups is 2. The number of ketones is 1. The normalized spacial score (nSPS) is 10.6. The first-order chi connectivity index (χ1) is 8.52. The second kappa shape index (κ2) is 4.64. The number of Topliss-reactive ketones (excluding diaryl/α,β-unsaturated/α-hetero) is 1. The first-order valence-corrected chi connectivity index (χ1v) is 5.72. The molecule has 2 rings (SSSR count). The number of methoxy groups -OCH3 is 1. The van der Waals surface area contributed by atoms with E-state index < -0.39 is 0 Å². The number of aromatic amines is 1. The van der Waals surface area contributed by atoms with Crippen molar-refractivity contribution in [3.8, 4) is 0 Å². The Hall–Kier alpha value is -2.10. The molecule has 94 valence electrons. The largest absolute Gasteiger partial charge is 0.465 e. The van der Waals surface area contributed by atoms with Crippen LogP contribution >= 0.6 is 0 Å². The number of hydrogen-bond acceptors (Lipinski definition) is 3. The van der Waals surface area contributed by atoms with Crippen LogP contribution in [0.1, 0.15) is 28.5 Å². The van der Waals surface area contributed by atoms with Gasteiger partial charge in [-0.1, -0.05) is 6.07 Å². The highest BCUT2D eigenvalue weighted by molar-refractivity contribution is 5.97. The van der Waals surface area contributed by atoms with Crippen molar-refractivity contribution in [2.75, 3.05) is 7.11 Å². The maximum atomic E-state index is 11.4. The lowest BCUT2D eigenvalue weighted by molar-refractivity contribution is -0.116. The summed E-state index contributed by atoms with van der Waals surface area (Å²) in [5.41, 5.74) is 3.31. The van der Waals surface area contributed by atoms with Crippen LogP contribution < -0.4 is 0 Å². The molecule has 0 amide bonds. The van der Waals surface area contributed by atoms with Crippen molar-refractivity contribution < 1.29 is 14.3 Å². The number of hydrogen-bond donors (Lipinski definition) is 1. The zero-order valence-corrected chi connectivity index (χ0v) is 10.7. The number of aryl methyl sites for hydroxylation is 1. The molecule has 1 aromatic carbocycles. The molecule has 4 heteroatoms. The minimum absolute atomic E-state index is 0.121. The van der Waals surface area contributed by atoms with Gasteiger partial charge in [0.25, 0.3) is 0 Å². The predicted molar refractivity (Wildman–Crippen MR) is 68.8 cm³/mol. The van der Waals surface area contributed by atoms with E-state index in [1.54, 1.807) is 19.1 Å². The van der Waals surface area contributed by atoms with E-state index in [2.05, 4.69) is 9.72 Å². The van der Waals surface area contributed by atoms with E-state index in [4.69, 9.17) is 0 Å². The van der Waals surface area contributed by atoms with E-state index in [0.29, 0.717) is 12.0 Å². The summed E-state index contributed by atoms with van der Waals surface area (Å²) in [4.78, 5) is 25.9. The fourth-order valence-electron chi connectivity index (χ4n) is 2.11. The van der Waals surface area contributed by atoms with Crippen molar-refractivity contribution in [2.24, 2.45) is 0 Å². The van der Waals surface area contributed by atoms with Gasteiger partial charge in [0.05, 0.1) is 12.7 Å². The Morgan fingerprint density at radius 1 is 1.33 bits per heavy atom. The van der Waals surface area contributed by atoms with Crippen molar-refractivity contribution in [3.05, 3.63) is 35.0 Å². The predicted octanol–water partition coefficient (Wildman–Crippen LogP) is 2.39. The molecule has 0 aliphatic carbocycles. The fourth-order valence-corrected chi connectivity index (χ4v) is 2.11. The molecule has 0 saturated heterocycles. The SMILES string of the molecule is COC(=O)c1ccc2c(CC(C)=O)c(C)[nH]c2c1. The smallest absolute Gasteiger partial charge is 0.337 e. The molecule has 0 atom stereocenters. The Morgan fingerprint density at radius 2 is 2.06 bits per heavy atom. The molecule has 0 bridgehead atoms. The lowest BCUT2D eigenvalue weighted by atomic mass is 10.0. The van der Waals surface area contributed by atoms with Gasteiger partial charge in [-0.3, -0.25) is 4.79 Å². The number of fused-ring (bicyclic) bond motifs is 1. The highest BCUT2D eigenvalue weighted by Crippen LogP contribution is 2.24. The molecule has 1 N–H and O–H groups in total. The van der Waals surface area contributed by atoms with Crippen molar-refractivity contribution >= 4 is 22.7 Å². The van der Waals surface area contributed by atoms with Gasteiger partial charge in [-0.2, -0.15) is 0 Å². The van der Waals surface area contributed by atoms with Gasteiger partial charge in [-0.25, -0.2) is 4.79 Å². The third-order valence-electron chi connectivity index (χ3n) is 2.97. The van der Waals surface area contributed by atoms with Crippen LogP contribution in [0.15, 0.2) is 18.2 Å². The number of esters is 1. The Kier molecular flexibility index (Phi) is 3.19. The molecule has 0 unspecified atom stereocenters. The van der Waals surface area contributed by atoms with Gasteiger partial charge in [0.15, 0.2) is 0 Å². The number of aromatic nitrogens is 1. The first-order valence-electron chi connectivity index (χ1n) is 5.72. The number of rotatable bonds is 3. The highest BCUT2D eigenvalue weighted by atomic mass is 16.5. The molecule has 0 spiro atoms. The Bertz CT molecular complexity index is 625. The maximum Gasteiger partial charge on any atom is 0.337 e. The topological polar surface area (TPSA) is 59.2 Å². The van der Waals surface area contributed by atoms with Crippen molar-refractivity contribution in [1.82, 2.24) is 4.98 Å².